The van der Waals surface area contributed by atoms with Crippen molar-refractivity contribution in [3.63, 3.8) is 0 Å². The molecule has 0 saturated carbocycles. The van der Waals surface area contributed by atoms with Crippen molar-refractivity contribution in [2.75, 3.05) is 23.0 Å². The molecule has 3 aromatic carbocycles. The monoisotopic (exact) mass is 357 g/mol. The number of aromatic nitrogens is 2. The van der Waals surface area contributed by atoms with Gasteiger partial charge in [-0.25, -0.2) is 4.98 Å². The molecule has 0 saturated heterocycles. The molecule has 0 bridgehead atoms. The van der Waals surface area contributed by atoms with Crippen LogP contribution in [0.4, 0.5) is 22.7 Å². The van der Waals surface area contributed by atoms with Crippen molar-refractivity contribution < 1.29 is 4.79 Å². The summed E-state index contributed by atoms with van der Waals surface area (Å²) in [5.74, 6) is -0.164. The lowest BCUT2D eigenvalue weighted by molar-refractivity contribution is 0.102. The maximum Gasteiger partial charge on any atom is 0.255 e. The van der Waals surface area contributed by atoms with Crippen LogP contribution in [0.25, 0.3) is 11.0 Å². The maximum atomic E-state index is 12.4. The van der Waals surface area contributed by atoms with Gasteiger partial charge in [-0.1, -0.05) is 0 Å². The predicted octanol–water partition coefficient (Wildman–Crippen LogP) is 4.60. The molecule has 0 fully saturated rings. The molecular formula is C21H19N5O. The van der Waals surface area contributed by atoms with Crippen LogP contribution >= 0.6 is 0 Å². The predicted molar refractivity (Wildman–Crippen MR) is 110 cm³/mol. The summed E-state index contributed by atoms with van der Waals surface area (Å²) in [6, 6.07) is 21.0. The summed E-state index contributed by atoms with van der Waals surface area (Å²) in [5, 5.41) is 9.33. The molecule has 1 heterocycles. The van der Waals surface area contributed by atoms with E-state index in [1.165, 1.54) is 0 Å². The van der Waals surface area contributed by atoms with Gasteiger partial charge in [-0.15, -0.1) is 0 Å². The van der Waals surface area contributed by atoms with Crippen molar-refractivity contribution in [1.82, 2.24) is 9.97 Å². The van der Waals surface area contributed by atoms with Gasteiger partial charge in [0.25, 0.3) is 5.91 Å². The van der Waals surface area contributed by atoms with E-state index in [2.05, 4.69) is 25.9 Å². The van der Waals surface area contributed by atoms with Gasteiger partial charge in [0.1, 0.15) is 0 Å². The van der Waals surface area contributed by atoms with Crippen LogP contribution in [0, 0.1) is 0 Å². The van der Waals surface area contributed by atoms with E-state index in [4.69, 9.17) is 0 Å². The molecule has 1 amide bonds. The molecular weight excluding hydrogens is 338 g/mol. The number of aromatic amines is 1. The normalized spacial score (nSPS) is 10.6. The number of hydrogen-bond donors (Lipinski definition) is 4. The van der Waals surface area contributed by atoms with Crippen molar-refractivity contribution in [3.8, 4) is 0 Å². The van der Waals surface area contributed by atoms with Crippen LogP contribution < -0.4 is 16.0 Å². The minimum Gasteiger partial charge on any atom is -0.388 e. The number of nitrogens with zero attached hydrogens (tertiary/aromatic N) is 1. The molecule has 0 atom stereocenters. The lowest BCUT2D eigenvalue weighted by Gasteiger charge is -2.09. The molecule has 0 spiro atoms. The Hall–Kier alpha value is -3.80. The third-order valence-corrected chi connectivity index (χ3v) is 4.29. The molecule has 0 aliphatic heterocycles. The number of hydrogen-bond acceptors (Lipinski definition) is 4. The lowest BCUT2D eigenvalue weighted by Crippen LogP contribution is -2.11. The van der Waals surface area contributed by atoms with Gasteiger partial charge in [0.15, 0.2) is 0 Å². The van der Waals surface area contributed by atoms with Crippen LogP contribution in [-0.2, 0) is 0 Å². The fourth-order valence-electron chi connectivity index (χ4n) is 2.80. The number of benzene rings is 3. The van der Waals surface area contributed by atoms with Crippen molar-refractivity contribution in [2.24, 2.45) is 0 Å². The zero-order valence-electron chi connectivity index (χ0n) is 14.8. The number of H-pyrrole nitrogens is 1. The Kier molecular flexibility index (Phi) is 4.45. The van der Waals surface area contributed by atoms with E-state index in [1.54, 1.807) is 18.5 Å². The third kappa shape index (κ3) is 3.74. The zero-order valence-corrected chi connectivity index (χ0v) is 14.8. The Morgan fingerprint density at radius 1 is 0.852 bits per heavy atom. The minimum atomic E-state index is -0.164. The third-order valence-electron chi connectivity index (χ3n) is 4.29. The van der Waals surface area contributed by atoms with Gasteiger partial charge in [-0.2, -0.15) is 0 Å². The zero-order chi connectivity index (χ0) is 18.6. The van der Waals surface area contributed by atoms with E-state index in [0.29, 0.717) is 5.56 Å². The van der Waals surface area contributed by atoms with Crippen LogP contribution in [0.15, 0.2) is 73.1 Å². The highest BCUT2D eigenvalue weighted by molar-refractivity contribution is 6.06. The van der Waals surface area contributed by atoms with Crippen LogP contribution in [0.3, 0.4) is 0 Å². The fourth-order valence-corrected chi connectivity index (χ4v) is 2.80. The van der Waals surface area contributed by atoms with Crippen LogP contribution in [0.1, 0.15) is 10.4 Å². The molecule has 1 aromatic heterocycles. The first-order valence-corrected chi connectivity index (χ1v) is 8.61. The van der Waals surface area contributed by atoms with Gasteiger partial charge >= 0.3 is 0 Å². The number of amides is 1. The van der Waals surface area contributed by atoms with Crippen molar-refractivity contribution in [1.29, 1.82) is 0 Å². The van der Waals surface area contributed by atoms with Crippen molar-refractivity contribution in [2.45, 2.75) is 0 Å². The highest BCUT2D eigenvalue weighted by atomic mass is 16.1. The van der Waals surface area contributed by atoms with E-state index < -0.39 is 0 Å². The summed E-state index contributed by atoms with van der Waals surface area (Å²) in [7, 11) is 1.89. The largest absolute Gasteiger partial charge is 0.388 e. The van der Waals surface area contributed by atoms with E-state index in [-0.39, 0.29) is 5.91 Å². The molecule has 134 valence electrons. The summed E-state index contributed by atoms with van der Waals surface area (Å²) < 4.78 is 0. The van der Waals surface area contributed by atoms with Gasteiger partial charge in [-0.3, -0.25) is 4.79 Å². The average Bonchev–Trinajstić information content (AvgIpc) is 3.18. The van der Waals surface area contributed by atoms with E-state index in [0.717, 1.165) is 33.8 Å². The first kappa shape index (κ1) is 16.7. The van der Waals surface area contributed by atoms with E-state index >= 15 is 0 Å². The summed E-state index contributed by atoms with van der Waals surface area (Å²) in [6.07, 6.45) is 1.62. The number of carbonyl (C=O) groups excluding carboxylic acids is 1. The number of nitrogens with one attached hydrogen (secondary N) is 4. The van der Waals surface area contributed by atoms with Gasteiger partial charge in [0, 0.05) is 35.4 Å². The maximum absolute atomic E-state index is 12.4. The molecule has 0 aliphatic rings. The minimum absolute atomic E-state index is 0.164. The van der Waals surface area contributed by atoms with Gasteiger partial charge < -0.3 is 20.9 Å². The summed E-state index contributed by atoms with van der Waals surface area (Å²) in [5.41, 5.74) is 5.99. The Morgan fingerprint density at radius 2 is 1.48 bits per heavy atom. The molecule has 6 nitrogen and oxygen atoms in total. The Balaban J connectivity index is 1.42. The van der Waals surface area contributed by atoms with E-state index in [9.17, 15) is 4.79 Å². The van der Waals surface area contributed by atoms with Gasteiger partial charge in [-0.05, 0) is 66.7 Å². The fraction of sp³-hybridized carbons (Fsp3) is 0.0476. The molecule has 4 aromatic rings. The Morgan fingerprint density at radius 3 is 2.15 bits per heavy atom. The molecule has 6 heteroatoms. The molecule has 4 rings (SSSR count). The number of fused-ring (bicyclic) bond motifs is 1. The number of rotatable bonds is 5. The molecule has 0 unspecified atom stereocenters. The molecule has 4 N–H and O–H groups in total. The van der Waals surface area contributed by atoms with Crippen LogP contribution in [-0.4, -0.2) is 22.9 Å². The highest BCUT2D eigenvalue weighted by Crippen LogP contribution is 2.21. The van der Waals surface area contributed by atoms with Crippen LogP contribution in [0.5, 0.6) is 0 Å². The highest BCUT2D eigenvalue weighted by Gasteiger charge is 2.08. The molecule has 27 heavy (non-hydrogen) atoms. The quantitative estimate of drug-likeness (QED) is 0.421. The first-order valence-electron chi connectivity index (χ1n) is 8.61. The SMILES string of the molecule is CNc1ccc(Nc2ccc(NC(=O)c3ccc4[nH]cnc4c3)cc2)cc1. The number of carbonyl (C=O) groups is 1. The second-order valence-electron chi connectivity index (χ2n) is 6.12. The number of imidazole rings is 1. The Bertz CT molecular complexity index is 1070. The van der Waals surface area contributed by atoms with E-state index in [1.807, 2.05) is 61.6 Å². The molecule has 0 aliphatic carbocycles. The van der Waals surface area contributed by atoms with Gasteiger partial charge in [0.05, 0.1) is 17.4 Å². The van der Waals surface area contributed by atoms with Crippen molar-refractivity contribution in [3.05, 3.63) is 78.6 Å². The number of anilines is 4. The average molecular weight is 357 g/mol. The second-order valence-corrected chi connectivity index (χ2v) is 6.12. The molecule has 0 radical (unpaired) electrons. The standard InChI is InChI=1S/C21H19N5O/c1-22-15-3-5-16(6-4-15)25-17-7-9-18(10-8-17)26-21(27)14-2-11-19-20(12-14)24-13-23-19/h2-13,22,25H,1H3,(H,23,24)(H,26,27). The smallest absolute Gasteiger partial charge is 0.255 e. The van der Waals surface area contributed by atoms with Gasteiger partial charge in [0.2, 0.25) is 0 Å². The topological polar surface area (TPSA) is 81.8 Å². The van der Waals surface area contributed by atoms with Crippen molar-refractivity contribution >= 4 is 39.7 Å². The summed E-state index contributed by atoms with van der Waals surface area (Å²) >= 11 is 0. The van der Waals surface area contributed by atoms with Crippen LogP contribution in [0.2, 0.25) is 0 Å². The Labute approximate surface area is 156 Å². The first-order chi connectivity index (χ1) is 13.2. The summed E-state index contributed by atoms with van der Waals surface area (Å²) in [6.45, 7) is 0. The second kappa shape index (κ2) is 7.21. The lowest BCUT2D eigenvalue weighted by atomic mass is 10.2. The summed E-state index contributed by atoms with van der Waals surface area (Å²) in [4.78, 5) is 19.6.